The summed E-state index contributed by atoms with van der Waals surface area (Å²) < 4.78 is 38.9. The minimum atomic E-state index is -1.06. The summed E-state index contributed by atoms with van der Waals surface area (Å²) in [7, 11) is 0. The van der Waals surface area contributed by atoms with Crippen LogP contribution in [0.4, 0.5) is 16.2 Å². The third kappa shape index (κ3) is 13.7. The number of anilines is 2. The molecule has 2 unspecified atom stereocenters. The van der Waals surface area contributed by atoms with Crippen LogP contribution in [-0.2, 0) is 33.4 Å². The van der Waals surface area contributed by atoms with Crippen LogP contribution in [-0.4, -0.2) is 134 Å². The maximum atomic E-state index is 13.1. The van der Waals surface area contributed by atoms with Crippen LogP contribution < -0.4 is 40.6 Å². The van der Waals surface area contributed by atoms with Crippen molar-refractivity contribution in [1.29, 1.82) is 0 Å². The Morgan fingerprint density at radius 1 is 0.587 bits per heavy atom. The first-order valence-electron chi connectivity index (χ1n) is 23.5. The van der Waals surface area contributed by atoms with Crippen LogP contribution in [0.15, 0.2) is 72.8 Å². The first-order chi connectivity index (χ1) is 35.8. The third-order valence-corrected chi connectivity index (χ3v) is 12.0. The number of halogens is 2. The molecular formula is C51H52Cl2N6O16. The summed E-state index contributed by atoms with van der Waals surface area (Å²) in [6.45, 7) is 6.70. The number of hydrogen-bond donors (Lipinski definition) is 4. The summed E-state index contributed by atoms with van der Waals surface area (Å²) in [5.74, 6) is -3.46. The molecule has 0 aromatic heterocycles. The topological polar surface area (TPSA) is 287 Å². The number of benzene rings is 4. The highest BCUT2D eigenvalue weighted by atomic mass is 35.5. The smallest absolute Gasteiger partial charge is 0.412 e. The van der Waals surface area contributed by atoms with Gasteiger partial charge < -0.3 is 38.9 Å². The number of nitrogen functional groups attached to an aromatic ring is 1. The molecule has 8 rings (SSSR count). The molecule has 0 aliphatic carbocycles. The van der Waals surface area contributed by atoms with Crippen molar-refractivity contribution in [3.63, 3.8) is 0 Å². The molecule has 9 amide bonds. The molecule has 4 aliphatic rings. The number of nitrogens with two attached hydrogens (primary N) is 1. The Morgan fingerprint density at radius 3 is 1.45 bits per heavy atom. The molecular weight excluding hydrogens is 1020 g/mol. The normalized spacial score (nSPS) is 17.1. The van der Waals surface area contributed by atoms with Crippen LogP contribution in [0.5, 0.6) is 23.0 Å². The lowest BCUT2D eigenvalue weighted by atomic mass is 10.0. The molecule has 0 saturated carbocycles. The zero-order valence-electron chi connectivity index (χ0n) is 40.8. The molecule has 4 aromatic rings. The van der Waals surface area contributed by atoms with Crippen molar-refractivity contribution in [2.45, 2.75) is 64.1 Å². The Balaban J connectivity index is 0.000000222. The van der Waals surface area contributed by atoms with Crippen LogP contribution in [0.1, 0.15) is 87.9 Å². The van der Waals surface area contributed by atoms with E-state index < -0.39 is 71.0 Å². The van der Waals surface area contributed by atoms with Gasteiger partial charge in [-0.2, -0.15) is 0 Å². The second kappa shape index (κ2) is 24.5. The van der Waals surface area contributed by atoms with Gasteiger partial charge in [0, 0.05) is 36.3 Å². The molecule has 4 aromatic carbocycles. The fraction of sp³-hybridized carbons (Fsp3) is 0.353. The maximum absolute atomic E-state index is 13.1. The lowest BCUT2D eigenvalue weighted by Crippen LogP contribution is -2.54. The Morgan fingerprint density at radius 2 is 1.01 bits per heavy atom. The first kappa shape index (κ1) is 55.0. The van der Waals surface area contributed by atoms with E-state index in [9.17, 15) is 43.2 Å². The van der Waals surface area contributed by atoms with Gasteiger partial charge in [0.1, 0.15) is 67.1 Å². The summed E-state index contributed by atoms with van der Waals surface area (Å²) in [4.78, 5) is 113. The van der Waals surface area contributed by atoms with Gasteiger partial charge in [0.05, 0.1) is 58.7 Å². The van der Waals surface area contributed by atoms with E-state index in [-0.39, 0.29) is 112 Å². The quantitative estimate of drug-likeness (QED) is 0.0522. The van der Waals surface area contributed by atoms with E-state index in [0.29, 0.717) is 32.9 Å². The number of nitrogens with zero attached hydrogens (tertiary/aromatic N) is 2. The van der Waals surface area contributed by atoms with Gasteiger partial charge in [0.15, 0.2) is 0 Å². The minimum absolute atomic E-state index is 0.0365. The van der Waals surface area contributed by atoms with Crippen molar-refractivity contribution in [3.05, 3.63) is 105 Å². The van der Waals surface area contributed by atoms with Crippen molar-refractivity contribution < 1.29 is 76.3 Å². The monoisotopic (exact) mass is 1070 g/mol. The number of amides is 9. The van der Waals surface area contributed by atoms with Crippen LogP contribution in [0, 0.1) is 0 Å². The van der Waals surface area contributed by atoms with E-state index in [4.69, 9.17) is 62.1 Å². The van der Waals surface area contributed by atoms with Gasteiger partial charge in [0.25, 0.3) is 23.6 Å². The van der Waals surface area contributed by atoms with E-state index in [1.807, 2.05) is 0 Å². The van der Waals surface area contributed by atoms with Gasteiger partial charge in [-0.3, -0.25) is 64.1 Å². The molecule has 396 valence electrons. The number of fused-ring (bicyclic) bond motifs is 2. The standard InChI is InChI=1S/C28H30ClN3O9.C23H22ClN3O7/c1-28(2,3)41-27(37)30-16-7-8-18(29)21(15-16)40-14-12-38-11-13-39-20-6-4-5-17-23(20)26(36)32(25(17)35)19-9-10-22(33)31-24(19)34;24-15-5-4-13(25)12-18(15)34-11-9-32-8-10-33-17-3-1-2-14-20(17)23(31)27(22(14)30)16-6-7-19(28)26-21(16)29/h4-8,15,19H,9-14H2,1-3H3,(H,30,37)(H,31,33,34);1-5,12,16H,6-11,25H2,(H,26,28,29). The number of nitrogens with one attached hydrogen (secondary N) is 3. The second-order valence-corrected chi connectivity index (χ2v) is 18.6. The molecule has 0 bridgehead atoms. The average Bonchev–Trinajstić information content (AvgIpc) is 3.76. The van der Waals surface area contributed by atoms with E-state index in [2.05, 4.69) is 16.0 Å². The largest absolute Gasteiger partial charge is 0.490 e. The average molecular weight is 1080 g/mol. The van der Waals surface area contributed by atoms with Gasteiger partial charge >= 0.3 is 6.09 Å². The van der Waals surface area contributed by atoms with Crippen LogP contribution in [0.25, 0.3) is 0 Å². The highest BCUT2D eigenvalue weighted by Gasteiger charge is 2.47. The van der Waals surface area contributed by atoms with Crippen molar-refractivity contribution in [1.82, 2.24) is 20.4 Å². The van der Waals surface area contributed by atoms with Crippen LogP contribution in [0.3, 0.4) is 0 Å². The third-order valence-electron chi connectivity index (χ3n) is 11.3. The number of carbonyl (C=O) groups is 9. The minimum Gasteiger partial charge on any atom is -0.490 e. The van der Waals surface area contributed by atoms with Crippen LogP contribution in [0.2, 0.25) is 10.0 Å². The molecule has 4 aliphatic heterocycles. The molecule has 22 nitrogen and oxygen atoms in total. The molecule has 0 radical (unpaired) electrons. The summed E-state index contributed by atoms with van der Waals surface area (Å²) in [5.41, 5.74) is 6.50. The maximum Gasteiger partial charge on any atom is 0.412 e. The van der Waals surface area contributed by atoms with Crippen molar-refractivity contribution in [2.75, 3.05) is 63.9 Å². The van der Waals surface area contributed by atoms with Crippen molar-refractivity contribution >= 4 is 87.9 Å². The van der Waals surface area contributed by atoms with Gasteiger partial charge in [-0.1, -0.05) is 35.3 Å². The molecule has 2 fully saturated rings. The molecule has 75 heavy (non-hydrogen) atoms. The number of piperidine rings is 2. The highest BCUT2D eigenvalue weighted by Crippen LogP contribution is 2.36. The van der Waals surface area contributed by atoms with Crippen molar-refractivity contribution in [3.8, 4) is 23.0 Å². The summed E-state index contributed by atoms with van der Waals surface area (Å²) >= 11 is 12.2. The lowest BCUT2D eigenvalue weighted by molar-refractivity contribution is -0.137. The fourth-order valence-electron chi connectivity index (χ4n) is 8.00. The van der Waals surface area contributed by atoms with Crippen LogP contribution >= 0.6 is 23.2 Å². The Labute approximate surface area is 439 Å². The van der Waals surface area contributed by atoms with Gasteiger partial charge in [-0.25, -0.2) is 4.79 Å². The zero-order valence-corrected chi connectivity index (χ0v) is 42.3. The second-order valence-electron chi connectivity index (χ2n) is 17.8. The van der Waals surface area contributed by atoms with E-state index in [1.54, 1.807) is 81.4 Å². The van der Waals surface area contributed by atoms with E-state index in [1.165, 1.54) is 12.1 Å². The summed E-state index contributed by atoms with van der Waals surface area (Å²) in [5, 5.41) is 7.75. The Bertz CT molecular complexity index is 2910. The number of carbonyl (C=O) groups excluding carboxylic acids is 9. The molecule has 5 N–H and O–H groups in total. The predicted octanol–water partition coefficient (Wildman–Crippen LogP) is 5.36. The lowest BCUT2D eigenvalue weighted by Gasteiger charge is -2.27. The Hall–Kier alpha value is -7.79. The first-order valence-corrected chi connectivity index (χ1v) is 24.3. The predicted molar refractivity (Wildman–Crippen MR) is 267 cm³/mol. The summed E-state index contributed by atoms with van der Waals surface area (Å²) in [6, 6.07) is 16.9. The summed E-state index contributed by atoms with van der Waals surface area (Å²) in [6.07, 6.45) is -0.360. The number of rotatable bonds is 19. The number of hydrogen-bond acceptors (Lipinski definition) is 17. The van der Waals surface area contributed by atoms with Gasteiger partial charge in [0.2, 0.25) is 23.6 Å². The van der Waals surface area contributed by atoms with Gasteiger partial charge in [-0.15, -0.1) is 0 Å². The molecule has 2 atom stereocenters. The van der Waals surface area contributed by atoms with E-state index in [0.717, 1.165) is 9.80 Å². The van der Waals surface area contributed by atoms with E-state index >= 15 is 0 Å². The zero-order chi connectivity index (χ0) is 54.0. The SMILES string of the molecule is CC(C)(C)OC(=O)Nc1ccc(Cl)c(OCCOCCOc2cccc3c2C(=O)N(C2CCC(=O)NC2=O)C3=O)c1.Nc1ccc(Cl)c(OCCOCCOc2cccc3c2C(=O)N(C2CCC(=O)NC2=O)C3=O)c1. The Kier molecular flexibility index (Phi) is 18.0. The highest BCUT2D eigenvalue weighted by molar-refractivity contribution is 6.32. The van der Waals surface area contributed by atoms with Crippen molar-refractivity contribution in [2.24, 2.45) is 0 Å². The molecule has 24 heteroatoms. The number of ether oxygens (including phenoxy) is 7. The fourth-order valence-corrected chi connectivity index (χ4v) is 8.34. The molecule has 2 saturated heterocycles. The number of imide groups is 4. The van der Waals surface area contributed by atoms with Gasteiger partial charge in [-0.05, 0) is 82.1 Å². The molecule has 0 spiro atoms. The molecule has 4 heterocycles.